The van der Waals surface area contributed by atoms with Gasteiger partial charge in [-0.05, 0) is 48.6 Å². The van der Waals surface area contributed by atoms with Gasteiger partial charge >= 0.3 is 0 Å². The van der Waals surface area contributed by atoms with E-state index in [1.807, 2.05) is 36.4 Å². The van der Waals surface area contributed by atoms with Crippen LogP contribution >= 0.6 is 0 Å². The Balaban J connectivity index is 1.44. The molecule has 7 nitrogen and oxygen atoms in total. The number of nitrogens with one attached hydrogen (secondary N) is 2. The first kappa shape index (κ1) is 24.0. The van der Waals surface area contributed by atoms with E-state index in [1.165, 1.54) is 11.6 Å². The number of hydrogen-bond acceptors (Lipinski definition) is 5. The van der Waals surface area contributed by atoms with E-state index in [1.54, 1.807) is 24.3 Å². The van der Waals surface area contributed by atoms with Crippen molar-refractivity contribution in [2.24, 2.45) is 0 Å². The molecule has 1 aliphatic heterocycles. The summed E-state index contributed by atoms with van der Waals surface area (Å²) in [7, 11) is 0. The van der Waals surface area contributed by atoms with Crippen LogP contribution in [-0.2, 0) is 20.7 Å². The van der Waals surface area contributed by atoms with Gasteiger partial charge in [0, 0.05) is 25.8 Å². The van der Waals surface area contributed by atoms with Gasteiger partial charge in [0.25, 0.3) is 5.91 Å². The third kappa shape index (κ3) is 8.43. The first-order valence-electron chi connectivity index (χ1n) is 11.2. The van der Waals surface area contributed by atoms with Crippen LogP contribution in [0.3, 0.4) is 0 Å². The van der Waals surface area contributed by atoms with Crippen LogP contribution in [-0.4, -0.2) is 44.2 Å². The third-order valence-corrected chi connectivity index (χ3v) is 5.27. The van der Waals surface area contributed by atoms with Crippen LogP contribution in [0.2, 0.25) is 0 Å². The van der Waals surface area contributed by atoms with Crippen molar-refractivity contribution in [3.05, 3.63) is 71.3 Å². The molecule has 1 fully saturated rings. The van der Waals surface area contributed by atoms with E-state index < -0.39 is 0 Å². The molecule has 1 saturated heterocycles. The quantitative estimate of drug-likeness (QED) is 0.431. The van der Waals surface area contributed by atoms with Gasteiger partial charge in [-0.3, -0.25) is 9.59 Å². The fourth-order valence-electron chi connectivity index (χ4n) is 3.46. The number of carbonyl (C=O) groups is 2. The SMILES string of the molecule is N#CC(=Cc1cccc(OCCC(=O)NCCc2ccccc2)c1)C(=O)NC1CCOCC1. The molecule has 0 radical (unpaired) electrons. The Hall–Kier alpha value is -3.63. The van der Waals surface area contributed by atoms with Crippen LogP contribution in [0.4, 0.5) is 0 Å². The molecule has 0 aromatic heterocycles. The zero-order valence-electron chi connectivity index (χ0n) is 18.6. The lowest BCUT2D eigenvalue weighted by atomic mass is 10.1. The standard InChI is InChI=1S/C26H29N3O4/c27-19-22(26(31)29-23-10-14-32-15-11-23)17-21-7-4-8-24(18-21)33-16-12-25(30)28-13-9-20-5-2-1-3-6-20/h1-8,17-18,23H,9-16H2,(H,28,30)(H,29,31). The summed E-state index contributed by atoms with van der Waals surface area (Å²) in [5, 5.41) is 15.2. The fourth-order valence-corrected chi connectivity index (χ4v) is 3.46. The molecular formula is C26H29N3O4. The van der Waals surface area contributed by atoms with E-state index >= 15 is 0 Å². The van der Waals surface area contributed by atoms with Gasteiger partial charge in [0.15, 0.2) is 0 Å². The van der Waals surface area contributed by atoms with Gasteiger partial charge in [0.1, 0.15) is 17.4 Å². The van der Waals surface area contributed by atoms with Crippen LogP contribution in [0.1, 0.15) is 30.4 Å². The molecule has 172 valence electrons. The van der Waals surface area contributed by atoms with Crippen molar-refractivity contribution in [3.8, 4) is 11.8 Å². The van der Waals surface area contributed by atoms with Crippen LogP contribution in [0.15, 0.2) is 60.2 Å². The predicted octanol–water partition coefficient (Wildman–Crippen LogP) is 3.02. The zero-order valence-corrected chi connectivity index (χ0v) is 18.6. The van der Waals surface area contributed by atoms with Gasteiger partial charge in [-0.1, -0.05) is 42.5 Å². The van der Waals surface area contributed by atoms with Crippen molar-refractivity contribution in [1.29, 1.82) is 5.26 Å². The second kappa shape index (κ2) is 13.0. The summed E-state index contributed by atoms with van der Waals surface area (Å²) in [5.74, 6) is 0.115. The van der Waals surface area contributed by atoms with E-state index in [9.17, 15) is 14.9 Å². The maximum atomic E-state index is 12.4. The van der Waals surface area contributed by atoms with Gasteiger partial charge in [-0.2, -0.15) is 5.26 Å². The van der Waals surface area contributed by atoms with Crippen molar-refractivity contribution in [2.45, 2.75) is 31.7 Å². The zero-order chi connectivity index (χ0) is 23.3. The summed E-state index contributed by atoms with van der Waals surface area (Å²) < 4.78 is 11.0. The first-order valence-corrected chi connectivity index (χ1v) is 11.2. The molecule has 0 spiro atoms. The number of ether oxygens (including phenoxy) is 2. The Kier molecular flexibility index (Phi) is 9.49. The molecule has 0 bridgehead atoms. The van der Waals surface area contributed by atoms with Crippen molar-refractivity contribution in [1.82, 2.24) is 10.6 Å². The summed E-state index contributed by atoms with van der Waals surface area (Å²) in [5.41, 5.74) is 1.90. The molecule has 7 heteroatoms. The molecule has 0 atom stereocenters. The molecule has 2 aromatic carbocycles. The number of rotatable bonds is 10. The minimum atomic E-state index is -0.386. The van der Waals surface area contributed by atoms with Crippen LogP contribution in [0, 0.1) is 11.3 Å². The van der Waals surface area contributed by atoms with Crippen molar-refractivity contribution >= 4 is 17.9 Å². The molecule has 2 N–H and O–H groups in total. The lowest BCUT2D eigenvalue weighted by Gasteiger charge is -2.22. The third-order valence-electron chi connectivity index (χ3n) is 5.27. The minimum absolute atomic E-state index is 0.0245. The highest BCUT2D eigenvalue weighted by Crippen LogP contribution is 2.17. The van der Waals surface area contributed by atoms with E-state index in [0.29, 0.717) is 31.1 Å². The normalized spacial score (nSPS) is 14.2. The van der Waals surface area contributed by atoms with Crippen LogP contribution < -0.4 is 15.4 Å². The Bertz CT molecular complexity index is 992. The summed E-state index contributed by atoms with van der Waals surface area (Å²) in [4.78, 5) is 24.5. The first-order chi connectivity index (χ1) is 16.1. The summed E-state index contributed by atoms with van der Waals surface area (Å²) in [6.07, 6.45) is 4.05. The average molecular weight is 448 g/mol. The lowest BCUT2D eigenvalue weighted by molar-refractivity contribution is -0.121. The smallest absolute Gasteiger partial charge is 0.262 e. The van der Waals surface area contributed by atoms with Gasteiger partial charge in [-0.25, -0.2) is 0 Å². The van der Waals surface area contributed by atoms with E-state index in [0.717, 1.165) is 19.3 Å². The molecule has 0 aliphatic carbocycles. The highest BCUT2D eigenvalue weighted by molar-refractivity contribution is 6.01. The molecule has 1 aliphatic rings. The maximum Gasteiger partial charge on any atom is 0.262 e. The second-order valence-electron chi connectivity index (χ2n) is 7.79. The fraction of sp³-hybridized carbons (Fsp3) is 0.346. The lowest BCUT2D eigenvalue weighted by Crippen LogP contribution is -2.39. The minimum Gasteiger partial charge on any atom is -0.493 e. The number of nitriles is 1. The largest absolute Gasteiger partial charge is 0.493 e. The number of nitrogens with zero attached hydrogens (tertiary/aromatic N) is 1. The summed E-state index contributed by atoms with van der Waals surface area (Å²) in [6.45, 7) is 2.04. The van der Waals surface area contributed by atoms with E-state index in [-0.39, 0.29) is 36.5 Å². The highest BCUT2D eigenvalue weighted by Gasteiger charge is 2.18. The molecule has 0 unspecified atom stereocenters. The van der Waals surface area contributed by atoms with Gasteiger partial charge in [0.05, 0.1) is 13.0 Å². The maximum absolute atomic E-state index is 12.4. The number of benzene rings is 2. The average Bonchev–Trinajstić information content (AvgIpc) is 2.84. The Labute approximate surface area is 194 Å². The summed E-state index contributed by atoms with van der Waals surface area (Å²) >= 11 is 0. The molecule has 3 rings (SSSR count). The highest BCUT2D eigenvalue weighted by atomic mass is 16.5. The molecule has 0 saturated carbocycles. The molecule has 2 aromatic rings. The predicted molar refractivity (Wildman–Crippen MR) is 125 cm³/mol. The van der Waals surface area contributed by atoms with E-state index in [4.69, 9.17) is 9.47 Å². The van der Waals surface area contributed by atoms with Crippen LogP contribution in [0.25, 0.3) is 6.08 Å². The molecular weight excluding hydrogens is 418 g/mol. The monoisotopic (exact) mass is 447 g/mol. The Morgan fingerprint density at radius 2 is 1.91 bits per heavy atom. The topological polar surface area (TPSA) is 100 Å². The number of carbonyl (C=O) groups excluding carboxylic acids is 2. The second-order valence-corrected chi connectivity index (χ2v) is 7.79. The van der Waals surface area contributed by atoms with E-state index in [2.05, 4.69) is 10.6 Å². The molecule has 1 heterocycles. The van der Waals surface area contributed by atoms with Gasteiger partial charge in [0.2, 0.25) is 5.91 Å². The Morgan fingerprint density at radius 1 is 1.12 bits per heavy atom. The summed E-state index contributed by atoms with van der Waals surface area (Å²) in [6, 6.07) is 19.1. The number of amides is 2. The van der Waals surface area contributed by atoms with Crippen molar-refractivity contribution in [2.75, 3.05) is 26.4 Å². The van der Waals surface area contributed by atoms with Gasteiger partial charge < -0.3 is 20.1 Å². The van der Waals surface area contributed by atoms with Gasteiger partial charge in [-0.15, -0.1) is 0 Å². The van der Waals surface area contributed by atoms with Crippen molar-refractivity contribution < 1.29 is 19.1 Å². The molecule has 2 amide bonds. The molecule has 33 heavy (non-hydrogen) atoms. The Morgan fingerprint density at radius 3 is 2.67 bits per heavy atom. The van der Waals surface area contributed by atoms with Crippen molar-refractivity contribution in [3.63, 3.8) is 0 Å². The number of hydrogen-bond donors (Lipinski definition) is 2. The van der Waals surface area contributed by atoms with Crippen LogP contribution in [0.5, 0.6) is 5.75 Å².